The number of benzene rings is 2. The molecule has 0 bridgehead atoms. The first-order valence-electron chi connectivity index (χ1n) is 8.91. The number of nitrogens with zero attached hydrogens (tertiary/aromatic N) is 5. The standard InChI is InChI=1S/C20H20N6S/c27-17(12-7-13-26-22-14-21-25-26)20-23-18(15-8-3-1-4-9-15)19(24-20)16-10-5-2-6-11-16/h1-6,8-11,14,17,27H,7,12-13H2,(H,23,24). The molecule has 0 spiro atoms. The van der Waals surface area contributed by atoms with Crippen molar-refractivity contribution in [1.29, 1.82) is 0 Å². The van der Waals surface area contributed by atoms with Crippen molar-refractivity contribution in [3.05, 3.63) is 72.8 Å². The monoisotopic (exact) mass is 376 g/mol. The number of H-pyrrole nitrogens is 1. The van der Waals surface area contributed by atoms with Crippen molar-refractivity contribution in [3.63, 3.8) is 0 Å². The van der Waals surface area contributed by atoms with Crippen LogP contribution in [0.1, 0.15) is 23.9 Å². The number of aromatic nitrogens is 6. The zero-order valence-electron chi connectivity index (χ0n) is 14.7. The second-order valence-electron chi connectivity index (χ2n) is 6.27. The molecule has 0 aliphatic heterocycles. The van der Waals surface area contributed by atoms with E-state index in [2.05, 4.69) is 44.7 Å². The van der Waals surface area contributed by atoms with E-state index < -0.39 is 0 Å². The average Bonchev–Trinajstić information content (AvgIpc) is 3.39. The molecule has 27 heavy (non-hydrogen) atoms. The predicted molar refractivity (Wildman–Crippen MR) is 108 cm³/mol. The molecule has 0 amide bonds. The summed E-state index contributed by atoms with van der Waals surface area (Å²) in [6.45, 7) is 0.717. The van der Waals surface area contributed by atoms with Crippen molar-refractivity contribution in [1.82, 2.24) is 30.2 Å². The van der Waals surface area contributed by atoms with Gasteiger partial charge in [0.1, 0.15) is 5.82 Å². The van der Waals surface area contributed by atoms with Gasteiger partial charge >= 0.3 is 0 Å². The van der Waals surface area contributed by atoms with Gasteiger partial charge < -0.3 is 4.98 Å². The molecule has 0 fully saturated rings. The second kappa shape index (κ2) is 8.18. The molecule has 7 heteroatoms. The van der Waals surface area contributed by atoms with Gasteiger partial charge in [0.25, 0.3) is 0 Å². The lowest BCUT2D eigenvalue weighted by Gasteiger charge is -2.07. The lowest BCUT2D eigenvalue weighted by Crippen LogP contribution is -2.04. The van der Waals surface area contributed by atoms with Crippen LogP contribution in [0.2, 0.25) is 0 Å². The van der Waals surface area contributed by atoms with Gasteiger partial charge in [-0.05, 0) is 18.1 Å². The van der Waals surface area contributed by atoms with Crippen LogP contribution in [0, 0.1) is 0 Å². The number of hydrogen-bond acceptors (Lipinski definition) is 5. The van der Waals surface area contributed by atoms with E-state index in [4.69, 9.17) is 17.6 Å². The SMILES string of the molecule is SC(CCCn1ncnn1)c1nc(-c2ccccc2)c(-c2ccccc2)[nH]1. The van der Waals surface area contributed by atoms with Crippen LogP contribution in [-0.2, 0) is 6.54 Å². The molecular weight excluding hydrogens is 356 g/mol. The molecule has 136 valence electrons. The molecule has 2 heterocycles. The zero-order chi connectivity index (χ0) is 18.5. The van der Waals surface area contributed by atoms with Crippen molar-refractivity contribution >= 4 is 12.6 Å². The van der Waals surface area contributed by atoms with Gasteiger partial charge in [-0.2, -0.15) is 17.4 Å². The van der Waals surface area contributed by atoms with Gasteiger partial charge in [-0.25, -0.2) is 4.98 Å². The molecule has 1 unspecified atom stereocenters. The highest BCUT2D eigenvalue weighted by molar-refractivity contribution is 7.80. The lowest BCUT2D eigenvalue weighted by atomic mass is 10.1. The zero-order valence-corrected chi connectivity index (χ0v) is 15.6. The van der Waals surface area contributed by atoms with Gasteiger partial charge in [-0.15, -0.1) is 10.2 Å². The van der Waals surface area contributed by atoms with E-state index in [9.17, 15) is 0 Å². The first-order valence-corrected chi connectivity index (χ1v) is 9.42. The Labute approximate surface area is 163 Å². The maximum atomic E-state index is 4.89. The molecule has 0 saturated carbocycles. The quantitative estimate of drug-likeness (QED) is 0.475. The van der Waals surface area contributed by atoms with E-state index in [1.54, 1.807) is 4.80 Å². The average molecular weight is 376 g/mol. The summed E-state index contributed by atoms with van der Waals surface area (Å²) >= 11 is 4.78. The van der Waals surface area contributed by atoms with E-state index in [1.807, 2.05) is 36.4 Å². The van der Waals surface area contributed by atoms with E-state index in [-0.39, 0.29) is 5.25 Å². The van der Waals surface area contributed by atoms with Crippen LogP contribution < -0.4 is 0 Å². The summed E-state index contributed by atoms with van der Waals surface area (Å²) in [6.07, 6.45) is 3.20. The van der Waals surface area contributed by atoms with Gasteiger partial charge in [0.2, 0.25) is 0 Å². The maximum Gasteiger partial charge on any atom is 0.162 e. The molecule has 0 aliphatic carbocycles. The fraction of sp³-hybridized carbons (Fsp3) is 0.200. The molecule has 0 radical (unpaired) electrons. The predicted octanol–water partition coefficient (Wildman–Crippen LogP) is 4.18. The number of tetrazole rings is 1. The number of rotatable bonds is 7. The van der Waals surface area contributed by atoms with Crippen molar-refractivity contribution in [3.8, 4) is 22.5 Å². The summed E-state index contributed by atoms with van der Waals surface area (Å²) in [7, 11) is 0. The Balaban J connectivity index is 1.59. The number of aromatic amines is 1. The Morgan fingerprint density at radius 2 is 1.67 bits per heavy atom. The first-order chi connectivity index (χ1) is 13.3. The molecule has 0 saturated heterocycles. The summed E-state index contributed by atoms with van der Waals surface area (Å²) < 4.78 is 0. The Kier molecular flexibility index (Phi) is 5.29. The number of hydrogen-bond donors (Lipinski definition) is 2. The van der Waals surface area contributed by atoms with Crippen LogP contribution in [0.3, 0.4) is 0 Å². The summed E-state index contributed by atoms with van der Waals surface area (Å²) in [4.78, 5) is 9.98. The third-order valence-corrected chi connectivity index (χ3v) is 4.88. The van der Waals surface area contributed by atoms with Gasteiger partial charge in [0, 0.05) is 11.1 Å². The Hall–Kier alpha value is -2.93. The molecule has 6 nitrogen and oxygen atoms in total. The third-order valence-electron chi connectivity index (χ3n) is 4.37. The highest BCUT2D eigenvalue weighted by Gasteiger charge is 2.18. The summed E-state index contributed by atoms with van der Waals surface area (Å²) in [5.41, 5.74) is 4.18. The van der Waals surface area contributed by atoms with E-state index >= 15 is 0 Å². The van der Waals surface area contributed by atoms with E-state index in [0.29, 0.717) is 0 Å². The van der Waals surface area contributed by atoms with Gasteiger partial charge in [-0.3, -0.25) is 0 Å². The van der Waals surface area contributed by atoms with E-state index in [0.717, 1.165) is 47.7 Å². The number of imidazole rings is 1. The fourth-order valence-corrected chi connectivity index (χ4v) is 3.33. The van der Waals surface area contributed by atoms with Crippen LogP contribution in [0.4, 0.5) is 0 Å². The summed E-state index contributed by atoms with van der Waals surface area (Å²) in [5.74, 6) is 0.877. The minimum Gasteiger partial charge on any atom is -0.341 e. The largest absolute Gasteiger partial charge is 0.341 e. The summed E-state index contributed by atoms with van der Waals surface area (Å²) in [6, 6.07) is 20.5. The highest BCUT2D eigenvalue weighted by Crippen LogP contribution is 2.33. The van der Waals surface area contributed by atoms with E-state index in [1.165, 1.54) is 6.33 Å². The van der Waals surface area contributed by atoms with Gasteiger partial charge in [-0.1, -0.05) is 60.7 Å². The normalized spacial score (nSPS) is 12.2. The molecule has 1 atom stereocenters. The number of nitrogens with one attached hydrogen (secondary N) is 1. The molecule has 4 aromatic rings. The Morgan fingerprint density at radius 3 is 2.33 bits per heavy atom. The first kappa shape index (κ1) is 17.5. The topological polar surface area (TPSA) is 72.3 Å². The van der Waals surface area contributed by atoms with Gasteiger partial charge in [0.05, 0.1) is 23.2 Å². The third kappa shape index (κ3) is 4.09. The molecule has 0 aliphatic rings. The highest BCUT2D eigenvalue weighted by atomic mass is 32.1. The van der Waals surface area contributed by atoms with Gasteiger partial charge in [0.15, 0.2) is 6.33 Å². The Bertz CT molecular complexity index is 909. The molecule has 2 aromatic carbocycles. The van der Waals surface area contributed by atoms with Crippen LogP contribution in [0.25, 0.3) is 22.5 Å². The van der Waals surface area contributed by atoms with Crippen molar-refractivity contribution < 1.29 is 0 Å². The van der Waals surface area contributed by atoms with Crippen molar-refractivity contribution in [2.45, 2.75) is 24.6 Å². The molecule has 4 rings (SSSR count). The van der Waals surface area contributed by atoms with Crippen LogP contribution >= 0.6 is 12.6 Å². The van der Waals surface area contributed by atoms with Crippen molar-refractivity contribution in [2.24, 2.45) is 0 Å². The van der Waals surface area contributed by atoms with Crippen LogP contribution in [0.15, 0.2) is 67.0 Å². The van der Waals surface area contributed by atoms with Crippen LogP contribution in [-0.4, -0.2) is 30.2 Å². The lowest BCUT2D eigenvalue weighted by molar-refractivity contribution is 0.485. The molecule has 1 N–H and O–H groups in total. The minimum atomic E-state index is 0.00782. The molecular formula is C20H20N6S. The second-order valence-corrected chi connectivity index (χ2v) is 6.89. The minimum absolute atomic E-state index is 0.00782. The van der Waals surface area contributed by atoms with Crippen molar-refractivity contribution in [2.75, 3.05) is 0 Å². The Morgan fingerprint density at radius 1 is 0.963 bits per heavy atom. The summed E-state index contributed by atoms with van der Waals surface area (Å²) in [5, 5.41) is 11.7. The fourth-order valence-electron chi connectivity index (χ4n) is 3.02. The number of aryl methyl sites for hydroxylation is 1. The maximum absolute atomic E-state index is 4.89. The van der Waals surface area contributed by atoms with Crippen LogP contribution in [0.5, 0.6) is 0 Å². The smallest absolute Gasteiger partial charge is 0.162 e. The molecule has 2 aromatic heterocycles. The number of thiol groups is 1.